The number of nitrogens with one attached hydrogen (secondary N) is 1. The Morgan fingerprint density at radius 2 is 1.81 bits per heavy atom. The van der Waals surface area contributed by atoms with Gasteiger partial charge in [0.1, 0.15) is 17.5 Å². The van der Waals surface area contributed by atoms with Gasteiger partial charge in [-0.25, -0.2) is 4.98 Å². The van der Waals surface area contributed by atoms with Gasteiger partial charge in [-0.2, -0.15) is 0 Å². The van der Waals surface area contributed by atoms with E-state index in [4.69, 9.17) is 10.5 Å². The van der Waals surface area contributed by atoms with Crippen molar-refractivity contribution in [1.82, 2.24) is 10.3 Å². The van der Waals surface area contributed by atoms with E-state index in [1.165, 1.54) is 0 Å². The van der Waals surface area contributed by atoms with Crippen LogP contribution in [-0.2, 0) is 11.2 Å². The van der Waals surface area contributed by atoms with Gasteiger partial charge in [0.2, 0.25) is 5.91 Å². The molecule has 6 heteroatoms. The second kappa shape index (κ2) is 7.65. The molecule has 1 atom stereocenters. The quantitative estimate of drug-likeness (QED) is 0.712. The van der Waals surface area contributed by atoms with Crippen LogP contribution in [0.1, 0.15) is 16.1 Å². The van der Waals surface area contributed by atoms with Gasteiger partial charge in [-0.05, 0) is 23.8 Å². The second-order valence-corrected chi connectivity index (χ2v) is 5.83. The molecule has 0 saturated carbocycles. The number of carbonyl (C=O) groups excluding carboxylic acids is 2. The van der Waals surface area contributed by atoms with E-state index in [1.807, 2.05) is 48.5 Å². The highest BCUT2D eigenvalue weighted by Crippen LogP contribution is 2.19. The molecule has 0 aliphatic heterocycles. The molecule has 1 aromatic heterocycles. The molecule has 3 aromatic rings. The molecular weight excluding hydrogens is 330 g/mol. The lowest BCUT2D eigenvalue weighted by molar-refractivity contribution is -0.119. The van der Waals surface area contributed by atoms with Gasteiger partial charge >= 0.3 is 0 Å². The van der Waals surface area contributed by atoms with Gasteiger partial charge < -0.3 is 15.8 Å². The smallest absolute Gasteiger partial charge is 0.270 e. The molecule has 0 saturated heterocycles. The van der Waals surface area contributed by atoms with Crippen LogP contribution in [0.3, 0.4) is 0 Å². The van der Waals surface area contributed by atoms with Crippen LogP contribution in [0.15, 0.2) is 60.7 Å². The predicted molar refractivity (Wildman–Crippen MR) is 98.9 cm³/mol. The zero-order valence-electron chi connectivity index (χ0n) is 14.3. The molecule has 2 aromatic carbocycles. The summed E-state index contributed by atoms with van der Waals surface area (Å²) in [6.45, 7) is 0. The first-order valence-electron chi connectivity index (χ1n) is 8.16. The minimum atomic E-state index is -0.868. The van der Waals surface area contributed by atoms with E-state index in [1.54, 1.807) is 19.2 Å². The lowest BCUT2D eigenvalue weighted by Crippen LogP contribution is -2.46. The minimum Gasteiger partial charge on any atom is -0.496 e. The molecule has 0 fully saturated rings. The highest BCUT2D eigenvalue weighted by atomic mass is 16.5. The van der Waals surface area contributed by atoms with Gasteiger partial charge in [0.05, 0.1) is 12.6 Å². The summed E-state index contributed by atoms with van der Waals surface area (Å²) in [5, 5.41) is 3.60. The molecule has 132 valence electrons. The molecular formula is C20H19N3O3. The third kappa shape index (κ3) is 3.80. The number of hydrogen-bond donors (Lipinski definition) is 2. The van der Waals surface area contributed by atoms with Crippen LogP contribution >= 0.6 is 0 Å². The standard InChI is InChI=1S/C20H19N3O3/c1-26-18-9-5-3-7-14(18)12-17(19(21)24)23-20(25)16-11-10-13-6-2-4-8-15(13)22-16/h2-11,17H,12H2,1H3,(H2,21,24)(H,23,25)/t17-/m1/s1. The molecule has 0 aliphatic carbocycles. The Hall–Kier alpha value is -3.41. The zero-order chi connectivity index (χ0) is 18.5. The minimum absolute atomic E-state index is 0.231. The number of pyridine rings is 1. The van der Waals surface area contributed by atoms with E-state index >= 15 is 0 Å². The topological polar surface area (TPSA) is 94.3 Å². The summed E-state index contributed by atoms with van der Waals surface area (Å²) < 4.78 is 5.29. The number of nitrogens with two attached hydrogens (primary N) is 1. The molecule has 3 N–H and O–H groups in total. The number of amides is 2. The van der Waals surface area contributed by atoms with E-state index < -0.39 is 17.9 Å². The lowest BCUT2D eigenvalue weighted by Gasteiger charge is -2.17. The van der Waals surface area contributed by atoms with Crippen LogP contribution < -0.4 is 15.8 Å². The lowest BCUT2D eigenvalue weighted by atomic mass is 10.0. The van der Waals surface area contributed by atoms with Crippen molar-refractivity contribution >= 4 is 22.7 Å². The number of methoxy groups -OCH3 is 1. The molecule has 0 bridgehead atoms. The van der Waals surface area contributed by atoms with Crippen molar-refractivity contribution in [2.45, 2.75) is 12.5 Å². The molecule has 0 radical (unpaired) electrons. The van der Waals surface area contributed by atoms with Crippen molar-refractivity contribution in [2.75, 3.05) is 7.11 Å². The summed E-state index contributed by atoms with van der Waals surface area (Å²) in [6, 6.07) is 17.4. The average molecular weight is 349 g/mol. The monoisotopic (exact) mass is 349 g/mol. The van der Waals surface area contributed by atoms with Crippen LogP contribution in [0.25, 0.3) is 10.9 Å². The number of primary amides is 1. The number of nitrogens with zero attached hydrogens (tertiary/aromatic N) is 1. The van der Waals surface area contributed by atoms with Gasteiger partial charge in [0.25, 0.3) is 5.91 Å². The molecule has 1 heterocycles. The first kappa shape index (κ1) is 17.4. The van der Waals surface area contributed by atoms with Crippen LogP contribution in [0.2, 0.25) is 0 Å². The Labute approximate surface area is 151 Å². The van der Waals surface area contributed by atoms with Crippen molar-refractivity contribution in [3.63, 3.8) is 0 Å². The molecule has 26 heavy (non-hydrogen) atoms. The SMILES string of the molecule is COc1ccccc1C[C@@H](NC(=O)c1ccc2ccccc2n1)C(N)=O. The zero-order valence-corrected chi connectivity index (χ0v) is 14.3. The first-order chi connectivity index (χ1) is 12.6. The second-order valence-electron chi connectivity index (χ2n) is 5.83. The number of hydrogen-bond acceptors (Lipinski definition) is 4. The number of aromatic nitrogens is 1. The van der Waals surface area contributed by atoms with E-state index in [0.29, 0.717) is 11.3 Å². The largest absolute Gasteiger partial charge is 0.496 e. The van der Waals surface area contributed by atoms with E-state index in [9.17, 15) is 9.59 Å². The first-order valence-corrected chi connectivity index (χ1v) is 8.16. The van der Waals surface area contributed by atoms with Gasteiger partial charge in [0, 0.05) is 11.8 Å². The van der Waals surface area contributed by atoms with Crippen LogP contribution in [0, 0.1) is 0 Å². The van der Waals surface area contributed by atoms with E-state index in [-0.39, 0.29) is 12.1 Å². The summed E-state index contributed by atoms with van der Waals surface area (Å²) >= 11 is 0. The van der Waals surface area contributed by atoms with E-state index in [2.05, 4.69) is 10.3 Å². The van der Waals surface area contributed by atoms with Gasteiger partial charge in [-0.1, -0.05) is 42.5 Å². The summed E-state index contributed by atoms with van der Waals surface area (Å²) in [5.41, 5.74) is 7.20. The fourth-order valence-corrected chi connectivity index (χ4v) is 2.74. The summed E-state index contributed by atoms with van der Waals surface area (Å²) in [6.07, 6.45) is 0.235. The van der Waals surface area contributed by atoms with Crippen molar-refractivity contribution in [2.24, 2.45) is 5.73 Å². The molecule has 0 aliphatic rings. The van der Waals surface area contributed by atoms with Crippen LogP contribution in [-0.4, -0.2) is 29.9 Å². The molecule has 0 spiro atoms. The maximum Gasteiger partial charge on any atom is 0.270 e. The number of rotatable bonds is 6. The predicted octanol–water partition coefficient (Wildman–Crippen LogP) is 2.07. The van der Waals surface area contributed by atoms with Crippen molar-refractivity contribution in [3.05, 3.63) is 71.9 Å². The summed E-state index contributed by atoms with van der Waals surface area (Å²) in [7, 11) is 1.55. The normalized spacial score (nSPS) is 11.7. The summed E-state index contributed by atoms with van der Waals surface area (Å²) in [5.74, 6) is -0.434. The fourth-order valence-electron chi connectivity index (χ4n) is 2.74. The Morgan fingerprint density at radius 1 is 1.08 bits per heavy atom. The Kier molecular flexibility index (Phi) is 5.12. The third-order valence-corrected chi connectivity index (χ3v) is 4.10. The average Bonchev–Trinajstić information content (AvgIpc) is 2.67. The van der Waals surface area contributed by atoms with Crippen molar-refractivity contribution in [3.8, 4) is 5.75 Å². The highest BCUT2D eigenvalue weighted by molar-refractivity contribution is 5.97. The Balaban J connectivity index is 1.80. The van der Waals surface area contributed by atoms with Gasteiger partial charge in [-0.15, -0.1) is 0 Å². The maximum absolute atomic E-state index is 12.5. The van der Waals surface area contributed by atoms with Gasteiger partial charge in [-0.3, -0.25) is 9.59 Å². The Morgan fingerprint density at radius 3 is 2.58 bits per heavy atom. The molecule has 2 amide bonds. The Bertz CT molecular complexity index is 956. The third-order valence-electron chi connectivity index (χ3n) is 4.10. The number of fused-ring (bicyclic) bond motifs is 1. The van der Waals surface area contributed by atoms with Crippen LogP contribution in [0.4, 0.5) is 0 Å². The van der Waals surface area contributed by atoms with Crippen molar-refractivity contribution in [1.29, 1.82) is 0 Å². The number of carbonyl (C=O) groups is 2. The highest BCUT2D eigenvalue weighted by Gasteiger charge is 2.21. The van der Waals surface area contributed by atoms with E-state index in [0.717, 1.165) is 10.9 Å². The maximum atomic E-state index is 12.5. The number of benzene rings is 2. The van der Waals surface area contributed by atoms with Gasteiger partial charge in [0.15, 0.2) is 0 Å². The fraction of sp³-hybridized carbons (Fsp3) is 0.150. The number of para-hydroxylation sites is 2. The molecule has 0 unspecified atom stereocenters. The molecule has 3 rings (SSSR count). The number of ether oxygens (including phenoxy) is 1. The molecule has 6 nitrogen and oxygen atoms in total. The van der Waals surface area contributed by atoms with Crippen LogP contribution in [0.5, 0.6) is 5.75 Å². The summed E-state index contributed by atoms with van der Waals surface area (Å²) in [4.78, 5) is 28.7. The van der Waals surface area contributed by atoms with Crippen molar-refractivity contribution < 1.29 is 14.3 Å².